The summed E-state index contributed by atoms with van der Waals surface area (Å²) in [6.45, 7) is 0.960. The minimum Gasteiger partial charge on any atom is -0.459 e. The van der Waals surface area contributed by atoms with Crippen molar-refractivity contribution in [3.05, 3.63) is 64.4 Å². The molecule has 6 nitrogen and oxygen atoms in total. The Labute approximate surface area is 157 Å². The largest absolute Gasteiger partial charge is 0.459 e. The van der Waals surface area contributed by atoms with Crippen molar-refractivity contribution in [3.8, 4) is 0 Å². The molecule has 8 heteroatoms. The molecule has 0 spiro atoms. The van der Waals surface area contributed by atoms with Crippen LogP contribution in [-0.2, 0) is 10.0 Å². The second kappa shape index (κ2) is 8.07. The summed E-state index contributed by atoms with van der Waals surface area (Å²) in [6, 6.07) is 9.98. The van der Waals surface area contributed by atoms with Crippen LogP contribution in [0.2, 0.25) is 5.02 Å². The lowest BCUT2D eigenvalue weighted by atomic mass is 10.1. The van der Waals surface area contributed by atoms with Gasteiger partial charge >= 0.3 is 0 Å². The third-order valence-electron chi connectivity index (χ3n) is 4.15. The molecule has 1 N–H and O–H groups in total. The fraction of sp³-hybridized carbons (Fsp3) is 0.278. The van der Waals surface area contributed by atoms with Gasteiger partial charge in [0.15, 0.2) is 5.76 Å². The van der Waals surface area contributed by atoms with Crippen LogP contribution in [0.5, 0.6) is 0 Å². The van der Waals surface area contributed by atoms with Crippen molar-refractivity contribution < 1.29 is 17.6 Å². The van der Waals surface area contributed by atoms with Crippen LogP contribution in [0.4, 0.5) is 0 Å². The van der Waals surface area contributed by atoms with Crippen LogP contribution in [0, 0.1) is 0 Å². The van der Waals surface area contributed by atoms with E-state index in [0.717, 1.165) is 11.0 Å². The van der Waals surface area contributed by atoms with Gasteiger partial charge in [-0.1, -0.05) is 23.7 Å². The summed E-state index contributed by atoms with van der Waals surface area (Å²) in [6.07, 6.45) is 4.09. The van der Waals surface area contributed by atoms with E-state index < -0.39 is 10.0 Å². The zero-order chi connectivity index (χ0) is 18.6. The second-order valence-electron chi connectivity index (χ2n) is 6.06. The number of hydrogen-bond acceptors (Lipinski definition) is 4. The molecule has 0 aliphatic carbocycles. The van der Waals surface area contributed by atoms with E-state index in [2.05, 4.69) is 4.72 Å². The minimum absolute atomic E-state index is 0.168. The van der Waals surface area contributed by atoms with Gasteiger partial charge in [-0.2, -0.15) is 0 Å². The first kappa shape index (κ1) is 18.7. The standard InChI is InChI=1S/C18H19ClN2O4S/c19-15-5-3-14(4-6-15)9-13-26(23,24)20-16-7-10-21(11-8-16)18(22)17-2-1-12-25-17/h1-6,9,12-13,16,20H,7-8,10-11H2/b13-9+. The molecule has 0 unspecified atom stereocenters. The first-order valence-corrected chi connectivity index (χ1v) is 10.1. The Morgan fingerprint density at radius 3 is 2.50 bits per heavy atom. The molecule has 1 aromatic carbocycles. The highest BCUT2D eigenvalue weighted by molar-refractivity contribution is 7.92. The summed E-state index contributed by atoms with van der Waals surface area (Å²) >= 11 is 5.81. The predicted molar refractivity (Wildman–Crippen MR) is 100 cm³/mol. The average molecular weight is 395 g/mol. The lowest BCUT2D eigenvalue weighted by molar-refractivity contribution is 0.0679. The molecule has 1 aliphatic rings. The van der Waals surface area contributed by atoms with Gasteiger partial charge in [0.2, 0.25) is 10.0 Å². The molecule has 3 rings (SSSR count). The Kier molecular flexibility index (Phi) is 5.80. The lowest BCUT2D eigenvalue weighted by Gasteiger charge is -2.31. The Bertz CT molecular complexity index is 868. The molecule has 0 radical (unpaired) electrons. The summed E-state index contributed by atoms with van der Waals surface area (Å²) < 4.78 is 32.2. The van der Waals surface area contributed by atoms with Gasteiger partial charge in [-0.15, -0.1) is 0 Å². The van der Waals surface area contributed by atoms with Crippen molar-refractivity contribution in [2.45, 2.75) is 18.9 Å². The first-order chi connectivity index (χ1) is 12.4. The summed E-state index contributed by atoms with van der Waals surface area (Å²) in [5.41, 5.74) is 0.749. The summed E-state index contributed by atoms with van der Waals surface area (Å²) in [7, 11) is -3.56. The third kappa shape index (κ3) is 4.97. The number of nitrogens with zero attached hydrogens (tertiary/aromatic N) is 1. The van der Waals surface area contributed by atoms with Gasteiger partial charge in [0, 0.05) is 29.6 Å². The third-order valence-corrected chi connectivity index (χ3v) is 5.56. The maximum atomic E-state index is 12.2. The molecule has 0 bridgehead atoms. The highest BCUT2D eigenvalue weighted by Gasteiger charge is 2.26. The number of piperidine rings is 1. The van der Waals surface area contributed by atoms with Gasteiger partial charge < -0.3 is 9.32 Å². The van der Waals surface area contributed by atoms with Crippen LogP contribution >= 0.6 is 11.6 Å². The number of furan rings is 1. The Hall–Kier alpha value is -2.09. The molecule has 138 valence electrons. The molecule has 1 saturated heterocycles. The maximum Gasteiger partial charge on any atom is 0.289 e. The number of benzene rings is 1. The molecule has 26 heavy (non-hydrogen) atoms. The highest BCUT2D eigenvalue weighted by Crippen LogP contribution is 2.16. The normalized spacial score (nSPS) is 16.3. The Morgan fingerprint density at radius 2 is 1.88 bits per heavy atom. The van der Waals surface area contributed by atoms with E-state index in [1.807, 2.05) is 0 Å². The smallest absolute Gasteiger partial charge is 0.289 e. The van der Waals surface area contributed by atoms with Gasteiger partial charge in [0.25, 0.3) is 5.91 Å². The molecule has 2 aromatic rings. The van der Waals surface area contributed by atoms with Crippen LogP contribution in [0.15, 0.2) is 52.5 Å². The summed E-state index contributed by atoms with van der Waals surface area (Å²) in [4.78, 5) is 13.9. The van der Waals surface area contributed by atoms with E-state index in [1.165, 1.54) is 12.3 Å². The molecular weight excluding hydrogens is 376 g/mol. The fourth-order valence-electron chi connectivity index (χ4n) is 2.77. The zero-order valence-corrected chi connectivity index (χ0v) is 15.5. The van der Waals surface area contributed by atoms with Crippen molar-refractivity contribution in [2.24, 2.45) is 0 Å². The molecular formula is C18H19ClN2O4S. The van der Waals surface area contributed by atoms with Gasteiger partial charge in [-0.3, -0.25) is 4.79 Å². The summed E-state index contributed by atoms with van der Waals surface area (Å²) in [5, 5.41) is 1.75. The predicted octanol–water partition coefficient (Wildman–Crippen LogP) is 3.13. The first-order valence-electron chi connectivity index (χ1n) is 8.22. The number of likely N-dealkylation sites (tertiary alicyclic amines) is 1. The molecule has 2 heterocycles. The van der Waals surface area contributed by atoms with Crippen molar-refractivity contribution in [3.63, 3.8) is 0 Å². The minimum atomic E-state index is -3.56. The molecule has 1 amide bonds. The number of hydrogen-bond donors (Lipinski definition) is 1. The van der Waals surface area contributed by atoms with Crippen LogP contribution in [-0.4, -0.2) is 38.4 Å². The Morgan fingerprint density at radius 1 is 1.19 bits per heavy atom. The number of amides is 1. The number of carbonyl (C=O) groups is 1. The fourth-order valence-corrected chi connectivity index (χ4v) is 4.01. The van der Waals surface area contributed by atoms with Gasteiger partial charge in [0.05, 0.1) is 6.26 Å². The van der Waals surface area contributed by atoms with E-state index in [1.54, 1.807) is 41.3 Å². The molecule has 0 saturated carbocycles. The van der Waals surface area contributed by atoms with Crippen LogP contribution in [0.1, 0.15) is 29.0 Å². The van der Waals surface area contributed by atoms with Crippen molar-refractivity contribution >= 4 is 33.6 Å². The van der Waals surface area contributed by atoms with Crippen LogP contribution in [0.25, 0.3) is 6.08 Å². The average Bonchev–Trinajstić information content (AvgIpc) is 3.16. The molecule has 1 fully saturated rings. The molecule has 0 atom stereocenters. The van der Waals surface area contributed by atoms with E-state index in [-0.39, 0.29) is 11.9 Å². The highest BCUT2D eigenvalue weighted by atomic mass is 35.5. The summed E-state index contributed by atoms with van der Waals surface area (Å²) in [5.74, 6) is 0.133. The number of carbonyl (C=O) groups excluding carboxylic acids is 1. The number of halogens is 1. The number of sulfonamides is 1. The SMILES string of the molecule is O=C(c1ccco1)N1CCC(NS(=O)(=O)/C=C/c2ccc(Cl)cc2)CC1. The monoisotopic (exact) mass is 394 g/mol. The van der Waals surface area contributed by atoms with Crippen LogP contribution < -0.4 is 4.72 Å². The van der Waals surface area contributed by atoms with Crippen LogP contribution in [0.3, 0.4) is 0 Å². The quantitative estimate of drug-likeness (QED) is 0.844. The van der Waals surface area contributed by atoms with Gasteiger partial charge in [-0.05, 0) is 48.7 Å². The van der Waals surface area contributed by atoms with E-state index >= 15 is 0 Å². The van der Waals surface area contributed by atoms with E-state index in [9.17, 15) is 13.2 Å². The van der Waals surface area contributed by atoms with Gasteiger partial charge in [0.1, 0.15) is 0 Å². The number of nitrogens with one attached hydrogen (secondary N) is 1. The molecule has 1 aromatic heterocycles. The number of rotatable bonds is 5. The second-order valence-corrected chi connectivity index (χ2v) is 8.10. The van der Waals surface area contributed by atoms with Crippen molar-refractivity contribution in [1.29, 1.82) is 0 Å². The van der Waals surface area contributed by atoms with Crippen molar-refractivity contribution in [1.82, 2.24) is 9.62 Å². The molecule has 1 aliphatic heterocycles. The van der Waals surface area contributed by atoms with Crippen molar-refractivity contribution in [2.75, 3.05) is 13.1 Å². The lowest BCUT2D eigenvalue weighted by Crippen LogP contribution is -2.46. The van der Waals surface area contributed by atoms with Gasteiger partial charge in [-0.25, -0.2) is 13.1 Å². The maximum absolute atomic E-state index is 12.2. The zero-order valence-electron chi connectivity index (χ0n) is 14.0. The van der Waals surface area contributed by atoms with E-state index in [0.29, 0.717) is 36.7 Å². The Balaban J connectivity index is 1.53. The van der Waals surface area contributed by atoms with E-state index in [4.69, 9.17) is 16.0 Å². The topological polar surface area (TPSA) is 79.6 Å².